The normalized spacial score (nSPS) is 21.9. The van der Waals surface area contributed by atoms with E-state index < -0.39 is 12.0 Å². The van der Waals surface area contributed by atoms with Crippen LogP contribution in [0.15, 0.2) is 30.3 Å². The molecule has 2 amide bonds. The van der Waals surface area contributed by atoms with Gasteiger partial charge in [0.25, 0.3) is 0 Å². The van der Waals surface area contributed by atoms with Crippen molar-refractivity contribution in [2.75, 3.05) is 18.0 Å². The molecule has 1 aliphatic rings. The van der Waals surface area contributed by atoms with Gasteiger partial charge in [0.2, 0.25) is 0 Å². The Morgan fingerprint density at radius 1 is 1.33 bits per heavy atom. The summed E-state index contributed by atoms with van der Waals surface area (Å²) < 4.78 is 0. The van der Waals surface area contributed by atoms with Crippen LogP contribution >= 0.6 is 0 Å². The molecule has 1 N–H and O–H groups in total. The number of benzene rings is 1. The van der Waals surface area contributed by atoms with Crippen molar-refractivity contribution >= 4 is 17.7 Å². The van der Waals surface area contributed by atoms with Crippen molar-refractivity contribution in [3.8, 4) is 0 Å². The molecule has 1 aromatic carbocycles. The second-order valence-corrected chi connectivity index (χ2v) is 5.46. The van der Waals surface area contributed by atoms with Gasteiger partial charge in [-0.05, 0) is 37.8 Å². The Balaban J connectivity index is 2.25. The quantitative estimate of drug-likeness (QED) is 0.931. The van der Waals surface area contributed by atoms with E-state index in [1.54, 1.807) is 4.90 Å². The molecule has 1 aromatic rings. The van der Waals surface area contributed by atoms with Gasteiger partial charge in [-0.3, -0.25) is 4.90 Å². The van der Waals surface area contributed by atoms with E-state index in [0.717, 1.165) is 18.5 Å². The highest BCUT2D eigenvalue weighted by Gasteiger charge is 2.38. The van der Waals surface area contributed by atoms with Crippen LogP contribution in [-0.2, 0) is 4.79 Å². The van der Waals surface area contributed by atoms with E-state index in [1.165, 1.54) is 4.90 Å². The highest BCUT2D eigenvalue weighted by Crippen LogP contribution is 2.26. The van der Waals surface area contributed by atoms with Gasteiger partial charge in [-0.25, -0.2) is 9.59 Å². The van der Waals surface area contributed by atoms with Crippen molar-refractivity contribution in [1.82, 2.24) is 4.90 Å². The first-order valence-electron chi connectivity index (χ1n) is 7.42. The lowest BCUT2D eigenvalue weighted by Crippen LogP contribution is -2.56. The van der Waals surface area contributed by atoms with Gasteiger partial charge in [-0.1, -0.05) is 25.1 Å². The van der Waals surface area contributed by atoms with Gasteiger partial charge in [0.15, 0.2) is 0 Å². The van der Waals surface area contributed by atoms with E-state index in [9.17, 15) is 14.7 Å². The van der Waals surface area contributed by atoms with Gasteiger partial charge < -0.3 is 10.0 Å². The fraction of sp³-hybridized carbons (Fsp3) is 0.500. The number of nitrogens with zero attached hydrogens (tertiary/aromatic N) is 2. The van der Waals surface area contributed by atoms with Crippen molar-refractivity contribution in [3.05, 3.63) is 30.3 Å². The molecule has 2 atom stereocenters. The molecule has 5 heteroatoms. The maximum atomic E-state index is 12.8. The molecule has 1 heterocycles. The minimum atomic E-state index is -0.917. The largest absolute Gasteiger partial charge is 0.480 e. The lowest BCUT2D eigenvalue weighted by molar-refractivity contribution is -0.145. The van der Waals surface area contributed by atoms with Gasteiger partial charge in [0.05, 0.1) is 0 Å². The smallest absolute Gasteiger partial charge is 0.326 e. The minimum absolute atomic E-state index is 0.0188. The highest BCUT2D eigenvalue weighted by molar-refractivity contribution is 5.94. The fourth-order valence-electron chi connectivity index (χ4n) is 2.97. The maximum Gasteiger partial charge on any atom is 0.326 e. The molecule has 21 heavy (non-hydrogen) atoms. The third-order valence-electron chi connectivity index (χ3n) is 4.05. The Morgan fingerprint density at radius 3 is 2.57 bits per heavy atom. The standard InChI is InChI=1S/C16H22N2O3/c1-3-17(13-9-5-4-6-10-13)16(21)18-11-7-8-12(2)14(18)15(19)20/h4-6,9-10,12,14H,3,7-8,11H2,1-2H3,(H,19,20). The summed E-state index contributed by atoms with van der Waals surface area (Å²) in [5, 5.41) is 9.44. The number of likely N-dealkylation sites (tertiary alicyclic amines) is 1. The second-order valence-electron chi connectivity index (χ2n) is 5.46. The Kier molecular flexibility index (Phi) is 4.83. The number of amides is 2. The molecule has 2 unspecified atom stereocenters. The van der Waals surface area contributed by atoms with Crippen LogP contribution < -0.4 is 4.90 Å². The van der Waals surface area contributed by atoms with Crippen LogP contribution in [0.5, 0.6) is 0 Å². The van der Waals surface area contributed by atoms with Gasteiger partial charge in [-0.2, -0.15) is 0 Å². The van der Waals surface area contributed by atoms with Crippen LogP contribution in [0.1, 0.15) is 26.7 Å². The van der Waals surface area contributed by atoms with Crippen LogP contribution in [0.4, 0.5) is 10.5 Å². The molecule has 5 nitrogen and oxygen atoms in total. The molecular weight excluding hydrogens is 268 g/mol. The maximum absolute atomic E-state index is 12.8. The van der Waals surface area contributed by atoms with E-state index in [4.69, 9.17) is 0 Å². The summed E-state index contributed by atoms with van der Waals surface area (Å²) in [6.07, 6.45) is 1.70. The summed E-state index contributed by atoms with van der Waals surface area (Å²) in [7, 11) is 0. The monoisotopic (exact) mass is 290 g/mol. The van der Waals surface area contributed by atoms with E-state index in [-0.39, 0.29) is 11.9 Å². The summed E-state index contributed by atoms with van der Waals surface area (Å²) in [5.74, 6) is -0.936. The molecule has 114 valence electrons. The lowest BCUT2D eigenvalue weighted by Gasteiger charge is -2.39. The first kappa shape index (κ1) is 15.4. The number of hydrogen-bond donors (Lipinski definition) is 1. The molecule has 0 saturated carbocycles. The second kappa shape index (κ2) is 6.61. The first-order valence-corrected chi connectivity index (χ1v) is 7.42. The van der Waals surface area contributed by atoms with E-state index in [1.807, 2.05) is 44.2 Å². The summed E-state index contributed by atoms with van der Waals surface area (Å²) in [6, 6.07) is 8.42. The Bertz CT molecular complexity index is 504. The van der Waals surface area contributed by atoms with Gasteiger partial charge >= 0.3 is 12.0 Å². The Labute approximate surface area is 125 Å². The number of carboxylic acids is 1. The average Bonchev–Trinajstić information content (AvgIpc) is 2.48. The van der Waals surface area contributed by atoms with Crippen molar-refractivity contribution < 1.29 is 14.7 Å². The van der Waals surface area contributed by atoms with Crippen LogP contribution in [0.2, 0.25) is 0 Å². The molecule has 1 aliphatic heterocycles. The number of urea groups is 1. The zero-order valence-electron chi connectivity index (χ0n) is 12.5. The number of hydrogen-bond acceptors (Lipinski definition) is 2. The fourth-order valence-corrected chi connectivity index (χ4v) is 2.97. The molecule has 0 radical (unpaired) electrons. The third-order valence-corrected chi connectivity index (χ3v) is 4.05. The third kappa shape index (κ3) is 3.17. The summed E-state index contributed by atoms with van der Waals surface area (Å²) in [4.78, 5) is 27.4. The first-order chi connectivity index (χ1) is 10.1. The SMILES string of the molecule is CCN(C(=O)N1CCCC(C)C1C(=O)O)c1ccccc1. The number of para-hydroxylation sites is 1. The topological polar surface area (TPSA) is 60.9 Å². The van der Waals surface area contributed by atoms with Crippen molar-refractivity contribution in [3.63, 3.8) is 0 Å². The van der Waals surface area contributed by atoms with Crippen molar-refractivity contribution in [2.24, 2.45) is 5.92 Å². The predicted molar refractivity (Wildman–Crippen MR) is 81.4 cm³/mol. The molecule has 0 aromatic heterocycles. The molecule has 0 bridgehead atoms. The zero-order chi connectivity index (χ0) is 15.4. The Hall–Kier alpha value is -2.04. The summed E-state index contributed by atoms with van der Waals surface area (Å²) >= 11 is 0. The van der Waals surface area contributed by atoms with Gasteiger partial charge in [0, 0.05) is 18.8 Å². The molecular formula is C16H22N2O3. The van der Waals surface area contributed by atoms with E-state index in [2.05, 4.69) is 0 Å². The molecule has 1 fully saturated rings. The van der Waals surface area contributed by atoms with Crippen LogP contribution in [0.25, 0.3) is 0 Å². The lowest BCUT2D eigenvalue weighted by atomic mass is 9.91. The Morgan fingerprint density at radius 2 is 2.00 bits per heavy atom. The van der Waals surface area contributed by atoms with Crippen LogP contribution in [-0.4, -0.2) is 41.1 Å². The number of carboxylic acid groups (broad SMARTS) is 1. The molecule has 2 rings (SSSR count). The predicted octanol–water partition coefficient (Wildman–Crippen LogP) is 2.82. The van der Waals surface area contributed by atoms with Gasteiger partial charge in [0.1, 0.15) is 6.04 Å². The number of rotatable bonds is 3. The van der Waals surface area contributed by atoms with Crippen molar-refractivity contribution in [2.45, 2.75) is 32.7 Å². The number of aliphatic carboxylic acids is 1. The average molecular weight is 290 g/mol. The molecule has 1 saturated heterocycles. The van der Waals surface area contributed by atoms with Crippen LogP contribution in [0.3, 0.4) is 0 Å². The summed E-state index contributed by atoms with van der Waals surface area (Å²) in [6.45, 7) is 4.81. The van der Waals surface area contributed by atoms with Crippen molar-refractivity contribution in [1.29, 1.82) is 0 Å². The number of anilines is 1. The van der Waals surface area contributed by atoms with Gasteiger partial charge in [-0.15, -0.1) is 0 Å². The number of carbonyl (C=O) groups excluding carboxylic acids is 1. The van der Waals surface area contributed by atoms with E-state index in [0.29, 0.717) is 13.1 Å². The zero-order valence-corrected chi connectivity index (χ0v) is 12.5. The molecule has 0 aliphatic carbocycles. The van der Waals surface area contributed by atoms with Crippen LogP contribution in [0, 0.1) is 5.92 Å². The summed E-state index contributed by atoms with van der Waals surface area (Å²) in [5.41, 5.74) is 0.798. The van der Waals surface area contributed by atoms with E-state index >= 15 is 0 Å². The molecule has 0 spiro atoms. The highest BCUT2D eigenvalue weighted by atomic mass is 16.4. The number of piperidine rings is 1. The minimum Gasteiger partial charge on any atom is -0.480 e. The number of carbonyl (C=O) groups is 2.